The van der Waals surface area contributed by atoms with Crippen molar-refractivity contribution in [3.05, 3.63) is 247 Å². The highest BCUT2D eigenvalue weighted by atomic mass is 79.9. The average Bonchev–Trinajstić information content (AvgIpc) is 0.749. The first kappa shape index (κ1) is 114. The maximum absolute atomic E-state index is 13.1. The van der Waals surface area contributed by atoms with Crippen LogP contribution in [-0.4, -0.2) is 157 Å². The number of benzene rings is 12. The number of hydrogen-bond donors (Lipinski definition) is 24. The van der Waals surface area contributed by atoms with Crippen molar-refractivity contribution in [1.82, 2.24) is 0 Å². The number of halogens is 24. The molecule has 0 spiro atoms. The van der Waals surface area contributed by atoms with Gasteiger partial charge in [0, 0.05) is 88.1 Å². The summed E-state index contributed by atoms with van der Waals surface area (Å²) in [5, 5.41) is 232. The van der Waals surface area contributed by atoms with Crippen molar-refractivity contribution in [3.8, 4) is 138 Å². The third-order valence-corrected chi connectivity index (χ3v) is 40.1. The lowest BCUT2D eigenvalue weighted by Gasteiger charge is -2.16. The van der Waals surface area contributed by atoms with Gasteiger partial charge in [0.1, 0.15) is 5.75 Å². The van der Waals surface area contributed by atoms with Gasteiger partial charge in [-0.25, -0.2) is 0 Å². The molecule has 0 saturated carbocycles. The summed E-state index contributed by atoms with van der Waals surface area (Å²) in [4.78, 5) is 75.9. The standard InChI is InChI=1S/C13H3Br7O4.C13H5Br5O5.C13H6Br4O5.2C13H7Br3O5.C13H8Br2O6/c14-3-1(4(15)8(19)11(22)7(3)18)10(21)2-5(16)9(20)13(24)12(23)6(2)17;14-5-2(1-3(19)11(21)8(5)17)10(20)4-6(15)9(18)13(23)12(22)7(4)16;14-7-3(1-5(18)12(21)9(7)16)11(20)4-2-6(19)13(22)10(17)8(4)15;14-6-3-8(18)7(17)1-4(6)12(20)5-2-9(19)13(21)11(16)10(5)15;14-5-3-8(18)13(21)9(10(5)16)11(19)4-1-6(15)12(20)7(17)2-4;14-8-7(9(15)12(20)13(21)11(8)19)10(18)4-1-2-5(16)6(17)3-4/h22-24H;1,19,21-23H;1-2,18-19,21-22H;1-3,17-19,21H;1-3,17-18,20-21H;1-3,16-17,19-21H. The quantitative estimate of drug-likeness (QED) is 0.0307. The van der Waals surface area contributed by atoms with E-state index in [0.717, 1.165) is 48.5 Å². The summed E-state index contributed by atoms with van der Waals surface area (Å²) in [6.45, 7) is 0. The van der Waals surface area contributed by atoms with Crippen molar-refractivity contribution >= 4 is 417 Å². The number of hydrogen-bond acceptors (Lipinski definition) is 30. The van der Waals surface area contributed by atoms with E-state index in [1.165, 1.54) is 24.3 Å². The molecule has 24 N–H and O–H groups in total. The molecule has 0 saturated heterocycles. The third kappa shape index (κ3) is 24.0. The number of carbonyl (C=O) groups excluding carboxylic acids is 6. The van der Waals surface area contributed by atoms with Gasteiger partial charge in [-0.2, -0.15) is 0 Å². The maximum Gasteiger partial charge on any atom is 0.202 e. The van der Waals surface area contributed by atoms with E-state index in [4.69, 9.17) is 0 Å². The summed E-state index contributed by atoms with van der Waals surface area (Å²) < 4.78 is 4.14. The highest BCUT2D eigenvalue weighted by Crippen LogP contribution is 2.56. The highest BCUT2D eigenvalue weighted by Gasteiger charge is 2.35. The lowest BCUT2D eigenvalue weighted by molar-refractivity contribution is 0.102. The van der Waals surface area contributed by atoms with Crippen molar-refractivity contribution in [2.24, 2.45) is 0 Å². The van der Waals surface area contributed by atoms with Gasteiger partial charge in [-0.15, -0.1) is 0 Å². The molecular formula is C78H36Br24O30. The molecule has 0 aromatic heterocycles. The summed E-state index contributed by atoms with van der Waals surface area (Å²) in [5.41, 5.74) is 0.322. The Kier molecular flexibility index (Phi) is 40.8. The topological polar surface area (TPSA) is 588 Å². The van der Waals surface area contributed by atoms with Gasteiger partial charge in [0.2, 0.25) is 5.75 Å². The summed E-state index contributed by atoms with van der Waals surface area (Å²) in [6.07, 6.45) is 0. The Morgan fingerprint density at radius 2 is 0.394 bits per heavy atom. The molecule has 132 heavy (non-hydrogen) atoms. The van der Waals surface area contributed by atoms with Crippen LogP contribution in [0.5, 0.6) is 138 Å². The fourth-order valence-corrected chi connectivity index (χ4v) is 23.0. The first-order valence-corrected chi connectivity index (χ1v) is 52.1. The molecule has 0 fully saturated rings. The van der Waals surface area contributed by atoms with E-state index < -0.39 is 155 Å². The average molecular weight is 3370 g/mol. The van der Waals surface area contributed by atoms with E-state index in [1.54, 1.807) is 0 Å². The highest BCUT2D eigenvalue weighted by molar-refractivity contribution is 9.16. The minimum atomic E-state index is -0.779. The zero-order chi connectivity index (χ0) is 101. The molecule has 0 bridgehead atoms. The Labute approximate surface area is 939 Å². The second-order valence-corrected chi connectivity index (χ2v) is 44.2. The van der Waals surface area contributed by atoms with Crippen LogP contribution in [0.15, 0.2) is 180 Å². The molecule has 12 rings (SSSR count). The van der Waals surface area contributed by atoms with E-state index in [0.29, 0.717) is 13.4 Å². The number of carbonyl (C=O) groups is 6. The Bertz CT molecular complexity index is 6610. The Morgan fingerprint density at radius 1 is 0.144 bits per heavy atom. The van der Waals surface area contributed by atoms with Crippen molar-refractivity contribution < 1.29 is 151 Å². The molecule has 0 heterocycles. The fourth-order valence-electron chi connectivity index (χ4n) is 10.2. The molecule has 12 aromatic rings. The molecule has 30 nitrogen and oxygen atoms in total. The molecule has 0 atom stereocenters. The van der Waals surface area contributed by atoms with Crippen molar-refractivity contribution in [3.63, 3.8) is 0 Å². The Morgan fingerprint density at radius 3 is 0.758 bits per heavy atom. The molecule has 0 aliphatic heterocycles. The minimum absolute atomic E-state index is 0.0104. The zero-order valence-corrected chi connectivity index (χ0v) is 100. The van der Waals surface area contributed by atoms with Crippen molar-refractivity contribution in [2.75, 3.05) is 0 Å². The predicted octanol–water partition coefficient (Wildman–Crippen LogP) is 28.7. The van der Waals surface area contributed by atoms with Crippen LogP contribution in [0.1, 0.15) is 95.5 Å². The van der Waals surface area contributed by atoms with Crippen LogP contribution >= 0.6 is 382 Å². The molecule has 54 heteroatoms. The minimum Gasteiger partial charge on any atom is -0.505 e. The summed E-state index contributed by atoms with van der Waals surface area (Å²) in [6, 6.07) is 13.7. The van der Waals surface area contributed by atoms with Gasteiger partial charge >= 0.3 is 0 Å². The molecule has 12 aromatic carbocycles. The summed E-state index contributed by atoms with van der Waals surface area (Å²) in [7, 11) is 0. The number of phenols is 24. The van der Waals surface area contributed by atoms with Gasteiger partial charge in [-0.1, -0.05) is 0 Å². The van der Waals surface area contributed by atoms with E-state index >= 15 is 0 Å². The summed E-state index contributed by atoms with van der Waals surface area (Å²) in [5.74, 6) is -14.7. The number of ketones is 6. The van der Waals surface area contributed by atoms with Crippen molar-refractivity contribution in [2.45, 2.75) is 0 Å². The normalized spacial score (nSPS) is 10.7. The number of aromatic hydroxyl groups is 24. The molecule has 0 unspecified atom stereocenters. The fraction of sp³-hybridized carbons (Fsp3) is 0. The van der Waals surface area contributed by atoms with E-state index in [2.05, 4.69) is 382 Å². The molecule has 696 valence electrons. The smallest absolute Gasteiger partial charge is 0.202 e. The second-order valence-electron chi connectivity index (χ2n) is 25.0. The molecule has 0 amide bonds. The van der Waals surface area contributed by atoms with Gasteiger partial charge in [0.25, 0.3) is 0 Å². The first-order chi connectivity index (χ1) is 61.0. The molecule has 0 aliphatic carbocycles. The van der Waals surface area contributed by atoms with Crippen LogP contribution in [0, 0.1) is 0 Å². The van der Waals surface area contributed by atoms with Crippen LogP contribution in [0.2, 0.25) is 0 Å². The van der Waals surface area contributed by atoms with Crippen LogP contribution in [0.3, 0.4) is 0 Å². The van der Waals surface area contributed by atoms with Gasteiger partial charge in [0.05, 0.1) is 86.0 Å². The lowest BCUT2D eigenvalue weighted by Crippen LogP contribution is -2.07. The van der Waals surface area contributed by atoms with E-state index in [1.807, 2.05) is 0 Å². The SMILES string of the molecule is O=C(c1c(Br)c(O)c(O)c(Br)c1Br)c1c(Br)c(Br)c(O)c(Br)c1Br.O=C(c1cc(O)c(O)c(Br)c1)c1c(O)c(O)cc(Br)c1Br.O=C(c1cc(O)c(O)c(Br)c1Br)c1c(Br)c(O)c(O)c(Br)c1Br.O=C(c1cc(O)c(O)c(Br)c1Br)c1cc(O)c(O)c(Br)c1Br.O=C(c1cc(O)c(O)cc1Br)c1cc(O)c(O)c(Br)c1Br.O=C(c1ccc(O)c(O)c1)c1c(Br)c(O)c(O)c(O)c1Br. The lowest BCUT2D eigenvalue weighted by atomic mass is 10.0. The summed E-state index contributed by atoms with van der Waals surface area (Å²) >= 11 is 75.1. The van der Waals surface area contributed by atoms with Crippen LogP contribution in [0.25, 0.3) is 0 Å². The van der Waals surface area contributed by atoms with Crippen LogP contribution < -0.4 is 0 Å². The van der Waals surface area contributed by atoms with Crippen LogP contribution in [-0.2, 0) is 0 Å². The van der Waals surface area contributed by atoms with Crippen molar-refractivity contribution in [1.29, 1.82) is 0 Å². The van der Waals surface area contributed by atoms with Gasteiger partial charge in [-0.05, 0) is 455 Å². The second kappa shape index (κ2) is 47.1. The monoisotopic (exact) mass is 3350 g/mol. The Hall–Kier alpha value is -4.62. The van der Waals surface area contributed by atoms with E-state index in [9.17, 15) is 151 Å². The molecule has 0 aliphatic rings. The van der Waals surface area contributed by atoms with Gasteiger partial charge in [0.15, 0.2) is 161 Å². The first-order valence-electron chi connectivity index (χ1n) is 33.1. The van der Waals surface area contributed by atoms with Gasteiger partial charge in [-0.3, -0.25) is 28.8 Å². The van der Waals surface area contributed by atoms with E-state index in [-0.39, 0.29) is 178 Å². The number of phenolic OH excluding ortho intramolecular Hbond substituents is 24. The zero-order valence-electron chi connectivity index (χ0n) is 62.2. The molecular weight excluding hydrogens is 3330 g/mol. The number of rotatable bonds is 12. The third-order valence-electron chi connectivity index (χ3n) is 16.9. The maximum atomic E-state index is 13.1. The molecule has 0 radical (unpaired) electrons. The predicted molar refractivity (Wildman–Crippen MR) is 563 cm³/mol. The largest absolute Gasteiger partial charge is 0.505 e. The van der Waals surface area contributed by atoms with Crippen LogP contribution in [0.4, 0.5) is 0 Å². The Balaban J connectivity index is 0.000000217. The van der Waals surface area contributed by atoms with Gasteiger partial charge < -0.3 is 123 Å².